The highest BCUT2D eigenvalue weighted by Crippen LogP contribution is 2.44. The molecule has 0 aromatic heterocycles. The van der Waals surface area contributed by atoms with Crippen LogP contribution in [0.25, 0.3) is 0 Å². The molecule has 1 atom stereocenters. The van der Waals surface area contributed by atoms with Gasteiger partial charge in [-0.2, -0.15) is 0 Å². The molecule has 0 bridgehead atoms. The number of carbonyl (C=O) groups excluding carboxylic acids is 1. The number of hydrogen-bond donors (Lipinski definition) is 0. The molecule has 1 unspecified atom stereocenters. The zero-order chi connectivity index (χ0) is 16.7. The van der Waals surface area contributed by atoms with Gasteiger partial charge in [-0.25, -0.2) is 4.79 Å². The molecule has 2 aromatic carbocycles. The SMILES string of the molecule is C=C=CC(Sc1ccccc1)(C(=O)OC)c1ccc(OC)cc1. The molecule has 0 aliphatic heterocycles. The van der Waals surface area contributed by atoms with Crippen molar-refractivity contribution in [2.24, 2.45) is 0 Å². The molecule has 2 rings (SSSR count). The van der Waals surface area contributed by atoms with Gasteiger partial charge in [-0.1, -0.05) is 48.7 Å². The Morgan fingerprint density at radius 3 is 2.30 bits per heavy atom. The van der Waals surface area contributed by atoms with Gasteiger partial charge in [0, 0.05) is 4.90 Å². The number of ether oxygens (including phenoxy) is 2. The van der Waals surface area contributed by atoms with Gasteiger partial charge in [0.2, 0.25) is 0 Å². The van der Waals surface area contributed by atoms with Crippen molar-refractivity contribution < 1.29 is 14.3 Å². The van der Waals surface area contributed by atoms with E-state index in [1.54, 1.807) is 13.2 Å². The first-order valence-electron chi connectivity index (χ1n) is 7.00. The Balaban J connectivity index is 2.56. The lowest BCUT2D eigenvalue weighted by molar-refractivity contribution is -0.142. The van der Waals surface area contributed by atoms with Crippen LogP contribution in [0.5, 0.6) is 5.75 Å². The first-order chi connectivity index (χ1) is 11.2. The van der Waals surface area contributed by atoms with Gasteiger partial charge in [0.1, 0.15) is 5.75 Å². The van der Waals surface area contributed by atoms with Crippen molar-refractivity contribution in [3.63, 3.8) is 0 Å². The number of carbonyl (C=O) groups is 1. The summed E-state index contributed by atoms with van der Waals surface area (Å²) in [5, 5.41) is 0. The largest absolute Gasteiger partial charge is 0.497 e. The topological polar surface area (TPSA) is 35.5 Å². The molecular weight excluding hydrogens is 308 g/mol. The molecule has 0 radical (unpaired) electrons. The fraction of sp³-hybridized carbons (Fsp3) is 0.158. The molecule has 4 heteroatoms. The lowest BCUT2D eigenvalue weighted by Gasteiger charge is -2.27. The number of rotatable bonds is 6. The Morgan fingerprint density at radius 2 is 1.78 bits per heavy atom. The van der Waals surface area contributed by atoms with Gasteiger partial charge in [-0.15, -0.1) is 5.73 Å². The number of esters is 1. The second-order valence-corrected chi connectivity index (χ2v) is 6.04. The summed E-state index contributed by atoms with van der Waals surface area (Å²) < 4.78 is 9.20. The predicted octanol–water partition coefficient (Wildman–Crippen LogP) is 4.20. The summed E-state index contributed by atoms with van der Waals surface area (Å²) >= 11 is 1.39. The van der Waals surface area contributed by atoms with Crippen molar-refractivity contribution >= 4 is 17.7 Å². The summed E-state index contributed by atoms with van der Waals surface area (Å²) in [6, 6.07) is 17.0. The van der Waals surface area contributed by atoms with Crippen molar-refractivity contribution in [3.8, 4) is 5.75 Å². The average molecular weight is 326 g/mol. The van der Waals surface area contributed by atoms with E-state index in [1.807, 2.05) is 54.6 Å². The smallest absolute Gasteiger partial charge is 0.331 e. The first-order valence-corrected chi connectivity index (χ1v) is 7.82. The lowest BCUT2D eigenvalue weighted by Crippen LogP contribution is -2.31. The molecule has 118 valence electrons. The maximum atomic E-state index is 12.6. The minimum Gasteiger partial charge on any atom is -0.497 e. The van der Waals surface area contributed by atoms with E-state index in [0.29, 0.717) is 0 Å². The molecule has 0 amide bonds. The highest BCUT2D eigenvalue weighted by Gasteiger charge is 2.40. The lowest BCUT2D eigenvalue weighted by atomic mass is 9.98. The number of benzene rings is 2. The fourth-order valence-electron chi connectivity index (χ4n) is 2.20. The van der Waals surface area contributed by atoms with Gasteiger partial charge in [0.05, 0.1) is 14.2 Å². The van der Waals surface area contributed by atoms with E-state index in [2.05, 4.69) is 12.3 Å². The quantitative estimate of drug-likeness (QED) is 0.453. The molecule has 23 heavy (non-hydrogen) atoms. The maximum Gasteiger partial charge on any atom is 0.331 e. The van der Waals surface area contributed by atoms with Crippen LogP contribution < -0.4 is 4.74 Å². The second kappa shape index (κ2) is 7.73. The molecule has 0 N–H and O–H groups in total. The van der Waals surface area contributed by atoms with E-state index in [-0.39, 0.29) is 5.97 Å². The average Bonchev–Trinajstić information content (AvgIpc) is 2.61. The van der Waals surface area contributed by atoms with Crippen molar-refractivity contribution in [2.45, 2.75) is 9.64 Å². The minimum absolute atomic E-state index is 0.382. The zero-order valence-corrected chi connectivity index (χ0v) is 13.9. The van der Waals surface area contributed by atoms with Crippen LogP contribution in [0.15, 0.2) is 77.9 Å². The van der Waals surface area contributed by atoms with Crippen molar-refractivity contribution in [3.05, 3.63) is 78.5 Å². The van der Waals surface area contributed by atoms with E-state index in [4.69, 9.17) is 9.47 Å². The first kappa shape index (κ1) is 16.9. The van der Waals surface area contributed by atoms with E-state index >= 15 is 0 Å². The van der Waals surface area contributed by atoms with E-state index in [9.17, 15) is 4.79 Å². The Labute approximate surface area is 140 Å². The van der Waals surface area contributed by atoms with Crippen LogP contribution in [0.2, 0.25) is 0 Å². The molecule has 0 aliphatic carbocycles. The van der Waals surface area contributed by atoms with Crippen LogP contribution in [-0.2, 0) is 14.3 Å². The molecular formula is C19H18O3S. The molecule has 0 spiro atoms. The van der Waals surface area contributed by atoms with E-state index < -0.39 is 4.75 Å². The van der Waals surface area contributed by atoms with Crippen LogP contribution in [0, 0.1) is 0 Å². The Morgan fingerprint density at radius 1 is 1.13 bits per heavy atom. The fourth-order valence-corrected chi connectivity index (χ4v) is 3.43. The summed E-state index contributed by atoms with van der Waals surface area (Å²) in [5.74, 6) is 0.340. The Kier molecular flexibility index (Phi) is 5.69. The molecule has 3 nitrogen and oxygen atoms in total. The highest BCUT2D eigenvalue weighted by molar-refractivity contribution is 8.01. The monoisotopic (exact) mass is 326 g/mol. The summed E-state index contributed by atoms with van der Waals surface area (Å²) in [4.78, 5) is 13.6. The summed E-state index contributed by atoms with van der Waals surface area (Å²) in [7, 11) is 2.98. The van der Waals surface area contributed by atoms with Gasteiger partial charge in [0.15, 0.2) is 4.75 Å². The molecule has 0 saturated heterocycles. The second-order valence-electron chi connectivity index (χ2n) is 4.72. The van der Waals surface area contributed by atoms with E-state index in [1.165, 1.54) is 18.9 Å². The van der Waals surface area contributed by atoms with Crippen LogP contribution in [0.4, 0.5) is 0 Å². The molecule has 2 aromatic rings. The standard InChI is InChI=1S/C19H18O3S/c1-4-14-19(18(20)22-3,23-17-8-6-5-7-9-17)15-10-12-16(21-2)13-11-15/h5-14H,1H2,2-3H3. The number of hydrogen-bond acceptors (Lipinski definition) is 4. The summed E-state index contributed by atoms with van der Waals surface area (Å²) in [6.07, 6.45) is 1.64. The Hall–Kier alpha value is -2.42. The molecule has 0 heterocycles. The van der Waals surface area contributed by atoms with Crippen LogP contribution in [0.3, 0.4) is 0 Å². The van der Waals surface area contributed by atoms with Crippen LogP contribution in [-0.4, -0.2) is 20.2 Å². The van der Waals surface area contributed by atoms with Crippen LogP contribution in [0.1, 0.15) is 5.56 Å². The molecule has 0 aliphatic rings. The van der Waals surface area contributed by atoms with E-state index in [0.717, 1.165) is 16.2 Å². The van der Waals surface area contributed by atoms with Gasteiger partial charge < -0.3 is 9.47 Å². The molecule has 0 saturated carbocycles. The predicted molar refractivity (Wildman–Crippen MR) is 92.7 cm³/mol. The number of thioether (sulfide) groups is 1. The van der Waals surface area contributed by atoms with Crippen LogP contribution >= 0.6 is 11.8 Å². The summed E-state index contributed by atoms with van der Waals surface area (Å²) in [6.45, 7) is 3.64. The van der Waals surface area contributed by atoms with Crippen molar-refractivity contribution in [1.29, 1.82) is 0 Å². The van der Waals surface area contributed by atoms with Gasteiger partial charge >= 0.3 is 5.97 Å². The normalized spacial score (nSPS) is 12.6. The maximum absolute atomic E-state index is 12.6. The Bertz CT molecular complexity index is 703. The van der Waals surface area contributed by atoms with Crippen molar-refractivity contribution in [1.82, 2.24) is 0 Å². The molecule has 0 fully saturated rings. The third kappa shape index (κ3) is 3.67. The zero-order valence-electron chi connectivity index (χ0n) is 13.1. The van der Waals surface area contributed by atoms with Crippen molar-refractivity contribution in [2.75, 3.05) is 14.2 Å². The summed E-state index contributed by atoms with van der Waals surface area (Å²) in [5.41, 5.74) is 3.52. The van der Waals surface area contributed by atoms with Gasteiger partial charge in [-0.05, 0) is 35.9 Å². The van der Waals surface area contributed by atoms with Gasteiger partial charge in [0.25, 0.3) is 0 Å². The minimum atomic E-state index is -1.05. The highest BCUT2D eigenvalue weighted by atomic mass is 32.2. The number of methoxy groups -OCH3 is 2. The van der Waals surface area contributed by atoms with Gasteiger partial charge in [-0.3, -0.25) is 0 Å². The third-order valence-corrected chi connectivity index (χ3v) is 4.68. The third-order valence-electron chi connectivity index (χ3n) is 3.33.